The van der Waals surface area contributed by atoms with Gasteiger partial charge in [0.2, 0.25) is 5.96 Å². The lowest BCUT2D eigenvalue weighted by Crippen LogP contribution is -2.37. The average molecular weight is 289 g/mol. The highest BCUT2D eigenvalue weighted by Crippen LogP contribution is 2.35. The number of benzene rings is 1. The summed E-state index contributed by atoms with van der Waals surface area (Å²) in [4.78, 5) is 18.6. The zero-order valence-electron chi connectivity index (χ0n) is 11.2. The summed E-state index contributed by atoms with van der Waals surface area (Å²) in [6, 6.07) is 3.41. The van der Waals surface area contributed by atoms with Gasteiger partial charge >= 0.3 is 0 Å². The van der Waals surface area contributed by atoms with E-state index in [4.69, 9.17) is 5.73 Å². The molecule has 3 rings (SSSR count). The lowest BCUT2D eigenvalue weighted by Gasteiger charge is -2.30. The van der Waals surface area contributed by atoms with Gasteiger partial charge in [0.1, 0.15) is 12.1 Å². The van der Waals surface area contributed by atoms with Crippen LogP contribution in [-0.2, 0) is 12.0 Å². The number of non-ortho nitro benzene ring substituents is 1. The Morgan fingerprint density at radius 3 is 3.00 bits per heavy atom. The molecule has 1 aromatic carbocycles. The number of nitrogens with two attached hydrogens (primary N) is 1. The van der Waals surface area contributed by atoms with E-state index in [1.165, 1.54) is 12.4 Å². The van der Waals surface area contributed by atoms with Gasteiger partial charge in [-0.3, -0.25) is 14.7 Å². The van der Waals surface area contributed by atoms with Crippen LogP contribution in [0.1, 0.15) is 18.2 Å². The van der Waals surface area contributed by atoms with Gasteiger partial charge in [-0.05, 0) is 13.0 Å². The molecule has 1 aliphatic heterocycles. The second-order valence-electron chi connectivity index (χ2n) is 5.10. The molecule has 2 aromatic rings. The van der Waals surface area contributed by atoms with Gasteiger partial charge < -0.3 is 5.73 Å². The Bertz CT molecular complexity index is 770. The van der Waals surface area contributed by atoms with E-state index in [0.717, 1.165) is 17.8 Å². The Labute approximate surface area is 119 Å². The number of aliphatic imine (C=N–C) groups is 1. The van der Waals surface area contributed by atoms with Crippen LogP contribution in [0.2, 0.25) is 0 Å². The summed E-state index contributed by atoms with van der Waals surface area (Å²) in [6.07, 6.45) is 3.50. The maximum Gasteiger partial charge on any atom is 0.270 e. The molecule has 0 radical (unpaired) electrons. The fraction of sp³-hybridized carbons (Fsp3) is 0.231. The fourth-order valence-corrected chi connectivity index (χ4v) is 2.55. The molecule has 0 fully saturated rings. The number of nitro benzene ring substituents is 1. The van der Waals surface area contributed by atoms with Gasteiger partial charge in [-0.15, -0.1) is 0 Å². The van der Waals surface area contributed by atoms with E-state index in [9.17, 15) is 14.5 Å². The molecule has 108 valence electrons. The lowest BCUT2D eigenvalue weighted by molar-refractivity contribution is -0.385. The van der Waals surface area contributed by atoms with Gasteiger partial charge in [-0.25, -0.2) is 14.4 Å². The largest absolute Gasteiger partial charge is 0.369 e. The van der Waals surface area contributed by atoms with Crippen LogP contribution in [0.15, 0.2) is 35.7 Å². The van der Waals surface area contributed by atoms with Crippen molar-refractivity contribution in [2.24, 2.45) is 10.7 Å². The van der Waals surface area contributed by atoms with Crippen molar-refractivity contribution in [1.82, 2.24) is 9.55 Å². The highest BCUT2D eigenvalue weighted by molar-refractivity contribution is 5.82. The van der Waals surface area contributed by atoms with Crippen LogP contribution in [0.4, 0.5) is 10.1 Å². The summed E-state index contributed by atoms with van der Waals surface area (Å²) >= 11 is 0. The van der Waals surface area contributed by atoms with Gasteiger partial charge in [-0.2, -0.15) is 0 Å². The summed E-state index contributed by atoms with van der Waals surface area (Å²) < 4.78 is 15.7. The molecule has 7 nitrogen and oxygen atoms in total. The normalized spacial score (nSPS) is 20.8. The van der Waals surface area contributed by atoms with Crippen molar-refractivity contribution in [3.05, 3.63) is 57.9 Å². The quantitative estimate of drug-likeness (QED) is 0.669. The number of halogens is 1. The Morgan fingerprint density at radius 1 is 1.52 bits per heavy atom. The summed E-state index contributed by atoms with van der Waals surface area (Å²) in [6.45, 7) is 1.69. The zero-order chi connectivity index (χ0) is 15.2. The standard InChI is InChI=1S/C13H12FN5O2/c1-13(5-9-6-16-7-18(9)12(15)17-13)10-4-8(19(20)21)2-3-11(10)14/h2-4,6-7H,5H2,1H3,(H2,15,17). The van der Waals surface area contributed by atoms with Crippen molar-refractivity contribution in [3.63, 3.8) is 0 Å². The molecular formula is C13H12FN5O2. The summed E-state index contributed by atoms with van der Waals surface area (Å²) in [5, 5.41) is 10.9. The predicted molar refractivity (Wildman–Crippen MR) is 73.4 cm³/mol. The predicted octanol–water partition coefficient (Wildman–Crippen LogP) is 1.56. The highest BCUT2D eigenvalue weighted by atomic mass is 19.1. The van der Waals surface area contributed by atoms with E-state index < -0.39 is 16.3 Å². The minimum atomic E-state index is -1.00. The molecule has 0 bridgehead atoms. The minimum Gasteiger partial charge on any atom is -0.369 e. The molecule has 0 spiro atoms. The number of nitrogens with zero attached hydrogens (tertiary/aromatic N) is 4. The maximum atomic E-state index is 14.1. The number of aromatic nitrogens is 2. The van der Waals surface area contributed by atoms with E-state index in [1.807, 2.05) is 0 Å². The van der Waals surface area contributed by atoms with E-state index in [0.29, 0.717) is 6.42 Å². The van der Waals surface area contributed by atoms with Crippen LogP contribution >= 0.6 is 0 Å². The molecule has 0 saturated carbocycles. The molecule has 0 saturated heterocycles. The first kappa shape index (κ1) is 13.2. The molecular weight excluding hydrogens is 277 g/mol. The third-order valence-corrected chi connectivity index (χ3v) is 3.59. The molecule has 2 heterocycles. The monoisotopic (exact) mass is 289 g/mol. The van der Waals surface area contributed by atoms with E-state index in [1.54, 1.807) is 17.7 Å². The molecule has 2 N–H and O–H groups in total. The van der Waals surface area contributed by atoms with Crippen LogP contribution in [0, 0.1) is 15.9 Å². The Hall–Kier alpha value is -2.77. The van der Waals surface area contributed by atoms with Crippen LogP contribution in [0.25, 0.3) is 0 Å². The zero-order valence-corrected chi connectivity index (χ0v) is 11.2. The fourth-order valence-electron chi connectivity index (χ4n) is 2.55. The van der Waals surface area contributed by atoms with E-state index in [2.05, 4.69) is 9.98 Å². The minimum absolute atomic E-state index is 0.145. The first-order chi connectivity index (χ1) is 9.90. The van der Waals surface area contributed by atoms with Crippen molar-refractivity contribution in [2.75, 3.05) is 0 Å². The van der Waals surface area contributed by atoms with Gasteiger partial charge in [0, 0.05) is 36.0 Å². The second kappa shape index (κ2) is 4.37. The van der Waals surface area contributed by atoms with Gasteiger partial charge in [0.15, 0.2) is 0 Å². The van der Waals surface area contributed by atoms with Gasteiger partial charge in [-0.1, -0.05) is 0 Å². The Morgan fingerprint density at radius 2 is 2.29 bits per heavy atom. The highest BCUT2D eigenvalue weighted by Gasteiger charge is 2.35. The number of rotatable bonds is 2. The van der Waals surface area contributed by atoms with Crippen molar-refractivity contribution in [1.29, 1.82) is 0 Å². The number of hydrogen-bond donors (Lipinski definition) is 1. The smallest absolute Gasteiger partial charge is 0.270 e. The Kier molecular flexibility index (Phi) is 2.75. The van der Waals surface area contributed by atoms with Crippen LogP contribution in [0.5, 0.6) is 0 Å². The summed E-state index contributed by atoms with van der Waals surface area (Å²) in [5.41, 5.74) is 5.60. The van der Waals surface area contributed by atoms with Gasteiger partial charge in [0.05, 0.1) is 10.5 Å². The first-order valence-electron chi connectivity index (χ1n) is 6.22. The third kappa shape index (κ3) is 2.04. The second-order valence-corrected chi connectivity index (χ2v) is 5.10. The summed E-state index contributed by atoms with van der Waals surface area (Å²) in [5.74, 6) is -0.366. The maximum absolute atomic E-state index is 14.1. The van der Waals surface area contributed by atoms with Crippen LogP contribution in [-0.4, -0.2) is 20.4 Å². The Balaban J connectivity index is 2.14. The molecule has 21 heavy (non-hydrogen) atoms. The molecule has 8 heteroatoms. The number of fused-ring (bicyclic) bond motifs is 1. The van der Waals surface area contributed by atoms with Crippen LogP contribution < -0.4 is 5.73 Å². The SMILES string of the molecule is CC1(c2cc([N+](=O)[O-])ccc2F)Cc2cncn2C(N)=N1. The van der Waals surface area contributed by atoms with Crippen molar-refractivity contribution < 1.29 is 9.31 Å². The number of nitro groups is 1. The molecule has 1 aromatic heterocycles. The van der Waals surface area contributed by atoms with Crippen molar-refractivity contribution in [2.45, 2.75) is 18.9 Å². The van der Waals surface area contributed by atoms with Gasteiger partial charge in [0.25, 0.3) is 5.69 Å². The first-order valence-corrected chi connectivity index (χ1v) is 6.22. The van der Waals surface area contributed by atoms with Crippen molar-refractivity contribution >= 4 is 11.6 Å². The average Bonchev–Trinajstić information content (AvgIpc) is 2.87. The third-order valence-electron chi connectivity index (χ3n) is 3.59. The molecule has 0 amide bonds. The van der Waals surface area contributed by atoms with Crippen molar-refractivity contribution in [3.8, 4) is 0 Å². The lowest BCUT2D eigenvalue weighted by atomic mass is 9.86. The molecule has 0 aliphatic carbocycles. The number of imidazole rings is 1. The molecule has 1 atom stereocenters. The van der Waals surface area contributed by atoms with E-state index >= 15 is 0 Å². The topological polar surface area (TPSA) is 99.3 Å². The van der Waals surface area contributed by atoms with E-state index in [-0.39, 0.29) is 17.2 Å². The molecule has 1 aliphatic rings. The number of hydrogen-bond acceptors (Lipinski definition) is 5. The van der Waals surface area contributed by atoms with Crippen LogP contribution in [0.3, 0.4) is 0 Å². The summed E-state index contributed by atoms with van der Waals surface area (Å²) in [7, 11) is 0. The molecule has 1 unspecified atom stereocenters.